The van der Waals surface area contributed by atoms with Crippen LogP contribution < -0.4 is 9.47 Å². The number of ether oxygens (including phenoxy) is 2. The van der Waals surface area contributed by atoms with Crippen molar-refractivity contribution in [3.05, 3.63) is 46.4 Å². The second-order valence-corrected chi connectivity index (χ2v) is 7.14. The van der Waals surface area contributed by atoms with Crippen LogP contribution >= 0.6 is 47.6 Å². The number of hydrogen-bond donors (Lipinski definition) is 1. The van der Waals surface area contributed by atoms with Gasteiger partial charge in [0.25, 0.3) is 0 Å². The second-order valence-electron chi connectivity index (χ2n) is 4.78. The fraction of sp³-hybridized carbons (Fsp3) is 0.294. The maximum absolute atomic E-state index is 12.0. The summed E-state index contributed by atoms with van der Waals surface area (Å²) in [5.41, 5.74) is 0. The minimum absolute atomic E-state index is 0.0659. The summed E-state index contributed by atoms with van der Waals surface area (Å²) < 4.78 is 45.9. The molecule has 144 valence electrons. The average Bonchev–Trinajstić information content (AvgIpc) is 2.58. The van der Waals surface area contributed by atoms with Crippen molar-refractivity contribution in [2.75, 3.05) is 20.0 Å². The lowest BCUT2D eigenvalue weighted by Crippen LogP contribution is -2.08. The van der Waals surface area contributed by atoms with Gasteiger partial charge in [0.05, 0.1) is 40.5 Å². The van der Waals surface area contributed by atoms with Crippen molar-refractivity contribution >= 4 is 47.6 Å². The second kappa shape index (κ2) is 11.1. The van der Waals surface area contributed by atoms with Gasteiger partial charge in [0.2, 0.25) is 0 Å². The van der Waals surface area contributed by atoms with Crippen LogP contribution in [0.25, 0.3) is 0 Å². The third kappa shape index (κ3) is 7.78. The summed E-state index contributed by atoms with van der Waals surface area (Å²) in [7, 11) is 3.05. The highest BCUT2D eigenvalue weighted by Gasteiger charge is 2.26. The molecule has 0 amide bonds. The maximum atomic E-state index is 12.0. The Morgan fingerprint density at radius 2 is 1.50 bits per heavy atom. The molecule has 9 heteroatoms. The molecule has 26 heavy (non-hydrogen) atoms. The number of methoxy groups -OCH3 is 2. The zero-order valence-electron chi connectivity index (χ0n) is 13.9. The van der Waals surface area contributed by atoms with Crippen LogP contribution in [0.3, 0.4) is 0 Å². The highest BCUT2D eigenvalue weighted by atomic mass is 35.5. The van der Waals surface area contributed by atoms with E-state index in [9.17, 15) is 13.2 Å². The molecule has 0 fully saturated rings. The number of hydrogen-bond acceptors (Lipinski definition) is 4. The number of halogens is 5. The normalized spacial score (nSPS) is 10.8. The fourth-order valence-electron chi connectivity index (χ4n) is 1.72. The number of thioether (sulfide) groups is 1. The number of benzene rings is 2. The van der Waals surface area contributed by atoms with Gasteiger partial charge in [-0.05, 0) is 24.3 Å². The first-order valence-electron chi connectivity index (χ1n) is 7.23. The van der Waals surface area contributed by atoms with E-state index >= 15 is 0 Å². The number of rotatable bonds is 5. The van der Waals surface area contributed by atoms with E-state index in [4.69, 9.17) is 32.7 Å². The van der Waals surface area contributed by atoms with Crippen LogP contribution in [0.2, 0.25) is 10.0 Å². The predicted octanol–water partition coefficient (Wildman–Crippen LogP) is 7.03. The Hall–Kier alpha value is -0.890. The summed E-state index contributed by atoms with van der Waals surface area (Å²) in [6, 6.07) is 10.4. The van der Waals surface area contributed by atoms with Crippen LogP contribution in [0.1, 0.15) is 6.42 Å². The molecule has 0 atom stereocenters. The quantitative estimate of drug-likeness (QED) is 0.394. The van der Waals surface area contributed by atoms with E-state index in [1.54, 1.807) is 31.4 Å². The highest BCUT2D eigenvalue weighted by molar-refractivity contribution is 7.99. The number of thiol groups is 1. The lowest BCUT2D eigenvalue weighted by Gasteiger charge is -2.10. The summed E-state index contributed by atoms with van der Waals surface area (Å²) in [6.45, 7) is 0. The topological polar surface area (TPSA) is 18.5 Å². The van der Waals surface area contributed by atoms with Gasteiger partial charge in [-0.1, -0.05) is 35.3 Å². The van der Waals surface area contributed by atoms with E-state index in [1.807, 2.05) is 12.1 Å². The molecular weight excluding hydrogens is 428 g/mol. The summed E-state index contributed by atoms with van der Waals surface area (Å²) >= 11 is 16.8. The Kier molecular flexibility index (Phi) is 9.85. The average molecular weight is 445 g/mol. The van der Waals surface area contributed by atoms with Gasteiger partial charge in [-0.15, -0.1) is 24.4 Å². The molecule has 0 aliphatic heterocycles. The van der Waals surface area contributed by atoms with Gasteiger partial charge < -0.3 is 9.47 Å². The minimum atomic E-state index is -4.14. The molecule has 0 radical (unpaired) electrons. The zero-order valence-corrected chi connectivity index (χ0v) is 17.2. The molecule has 0 heterocycles. The van der Waals surface area contributed by atoms with Gasteiger partial charge in [0.15, 0.2) is 0 Å². The molecule has 0 saturated heterocycles. The molecule has 0 unspecified atom stereocenters. The Bertz CT molecular complexity index is 713. The molecule has 2 rings (SSSR count). The van der Waals surface area contributed by atoms with Crippen molar-refractivity contribution in [2.45, 2.75) is 22.4 Å². The van der Waals surface area contributed by atoms with Gasteiger partial charge in [0.1, 0.15) is 11.5 Å². The lowest BCUT2D eigenvalue weighted by molar-refractivity contribution is -0.129. The van der Waals surface area contributed by atoms with Gasteiger partial charge >= 0.3 is 6.18 Å². The molecule has 2 aromatic carbocycles. The first kappa shape index (κ1) is 23.1. The van der Waals surface area contributed by atoms with Crippen molar-refractivity contribution in [3.8, 4) is 11.5 Å². The van der Waals surface area contributed by atoms with Crippen LogP contribution in [0, 0.1) is 0 Å². The summed E-state index contributed by atoms with van der Waals surface area (Å²) in [5.74, 6) is 1.14. The molecule has 0 aromatic heterocycles. The van der Waals surface area contributed by atoms with Crippen molar-refractivity contribution < 1.29 is 22.6 Å². The summed E-state index contributed by atoms with van der Waals surface area (Å²) in [6.07, 6.45) is -4.98. The SMILES string of the molecule is COc1cccc(Cl)c1S.COc1cccc(Cl)c1SCCC(F)(F)F. The van der Waals surface area contributed by atoms with Crippen LogP contribution in [0.5, 0.6) is 11.5 Å². The summed E-state index contributed by atoms with van der Waals surface area (Å²) in [4.78, 5) is 1.24. The first-order chi connectivity index (χ1) is 12.2. The van der Waals surface area contributed by atoms with Gasteiger partial charge in [-0.2, -0.15) is 13.2 Å². The molecule has 0 bridgehead atoms. The Morgan fingerprint density at radius 1 is 0.962 bits per heavy atom. The fourth-order valence-corrected chi connectivity index (χ4v) is 3.49. The standard InChI is InChI=1S/C10H10ClF3OS.C7H7ClOS/c1-15-8-4-2-3-7(11)9(8)16-6-5-10(12,13)14;1-9-6-4-2-3-5(8)7(6)10/h2-4H,5-6H2,1H3;2-4,10H,1H3. The molecule has 0 aliphatic rings. The van der Waals surface area contributed by atoms with E-state index in [-0.39, 0.29) is 5.75 Å². The summed E-state index contributed by atoms with van der Waals surface area (Å²) in [5, 5.41) is 1.02. The third-order valence-electron chi connectivity index (χ3n) is 2.95. The Labute approximate surface area is 170 Å². The van der Waals surface area contributed by atoms with Crippen molar-refractivity contribution in [1.82, 2.24) is 0 Å². The highest BCUT2D eigenvalue weighted by Crippen LogP contribution is 2.37. The maximum Gasteiger partial charge on any atom is 0.389 e. The van der Waals surface area contributed by atoms with Crippen molar-refractivity contribution in [1.29, 1.82) is 0 Å². The van der Waals surface area contributed by atoms with E-state index in [0.29, 0.717) is 31.3 Å². The molecular formula is C17H17Cl2F3O2S2. The molecule has 0 spiro atoms. The lowest BCUT2D eigenvalue weighted by atomic mass is 10.3. The molecule has 0 aliphatic carbocycles. The number of alkyl halides is 3. The minimum Gasteiger partial charge on any atom is -0.496 e. The Balaban J connectivity index is 0.000000289. The van der Waals surface area contributed by atoms with Crippen molar-refractivity contribution in [2.24, 2.45) is 0 Å². The smallest absolute Gasteiger partial charge is 0.389 e. The van der Waals surface area contributed by atoms with E-state index in [2.05, 4.69) is 12.6 Å². The molecule has 2 aromatic rings. The first-order valence-corrected chi connectivity index (χ1v) is 9.42. The zero-order chi connectivity index (χ0) is 19.7. The predicted molar refractivity (Wildman–Crippen MR) is 105 cm³/mol. The monoisotopic (exact) mass is 444 g/mol. The largest absolute Gasteiger partial charge is 0.496 e. The third-order valence-corrected chi connectivity index (χ3v) is 5.41. The van der Waals surface area contributed by atoms with Gasteiger partial charge in [-0.3, -0.25) is 0 Å². The van der Waals surface area contributed by atoms with Crippen LogP contribution in [0.15, 0.2) is 46.2 Å². The molecule has 0 N–H and O–H groups in total. The van der Waals surface area contributed by atoms with Gasteiger partial charge in [0, 0.05) is 5.75 Å². The van der Waals surface area contributed by atoms with E-state index < -0.39 is 12.6 Å². The van der Waals surface area contributed by atoms with Crippen LogP contribution in [-0.2, 0) is 0 Å². The van der Waals surface area contributed by atoms with Crippen molar-refractivity contribution in [3.63, 3.8) is 0 Å². The van der Waals surface area contributed by atoms with E-state index in [0.717, 1.165) is 11.8 Å². The van der Waals surface area contributed by atoms with Crippen LogP contribution in [-0.4, -0.2) is 26.1 Å². The van der Waals surface area contributed by atoms with Gasteiger partial charge in [-0.25, -0.2) is 0 Å². The van der Waals surface area contributed by atoms with E-state index in [1.165, 1.54) is 7.11 Å². The molecule has 0 saturated carbocycles. The Morgan fingerprint density at radius 3 is 2.00 bits per heavy atom. The molecule has 2 nitrogen and oxygen atoms in total. The van der Waals surface area contributed by atoms with Crippen LogP contribution in [0.4, 0.5) is 13.2 Å².